The van der Waals surface area contributed by atoms with Crippen LogP contribution in [-0.4, -0.2) is 9.13 Å². The fraction of sp³-hybridized carbons (Fsp3) is 0. The second kappa shape index (κ2) is 11.6. The lowest BCUT2D eigenvalue weighted by molar-refractivity contribution is 0.669. The van der Waals surface area contributed by atoms with Crippen molar-refractivity contribution < 1.29 is 4.42 Å². The average molecular weight is 701 g/mol. The van der Waals surface area contributed by atoms with Crippen LogP contribution in [0.4, 0.5) is 0 Å². The van der Waals surface area contributed by atoms with Gasteiger partial charge in [0, 0.05) is 49.8 Å². The van der Waals surface area contributed by atoms with Crippen LogP contribution in [0.3, 0.4) is 0 Å². The topological polar surface area (TPSA) is 23.0 Å². The number of hydrogen-bond donors (Lipinski definition) is 0. The van der Waals surface area contributed by atoms with Crippen LogP contribution < -0.4 is 0 Å². The van der Waals surface area contributed by atoms with Crippen molar-refractivity contribution >= 4 is 76.3 Å². The third-order valence-corrected chi connectivity index (χ3v) is 11.5. The Morgan fingerprint density at radius 1 is 0.327 bits per heavy atom. The fourth-order valence-electron chi connectivity index (χ4n) is 9.03. The van der Waals surface area contributed by atoms with Crippen molar-refractivity contribution in [3.8, 4) is 33.6 Å². The van der Waals surface area contributed by atoms with Crippen molar-refractivity contribution in [2.75, 3.05) is 0 Å². The van der Waals surface area contributed by atoms with E-state index in [0.29, 0.717) is 0 Å². The maximum atomic E-state index is 6.55. The molecule has 0 N–H and O–H groups in total. The summed E-state index contributed by atoms with van der Waals surface area (Å²) in [5, 5.41) is 9.57. The Morgan fingerprint density at radius 2 is 1.00 bits per heavy atom. The van der Waals surface area contributed by atoms with E-state index in [1.54, 1.807) is 0 Å². The summed E-state index contributed by atoms with van der Waals surface area (Å²) in [4.78, 5) is 0. The van der Waals surface area contributed by atoms with Gasteiger partial charge in [0.1, 0.15) is 11.2 Å². The Morgan fingerprint density at radius 3 is 1.82 bits per heavy atom. The highest BCUT2D eigenvalue weighted by atomic mass is 16.3. The highest BCUT2D eigenvalue weighted by molar-refractivity contribution is 6.28. The van der Waals surface area contributed by atoms with Gasteiger partial charge in [-0.3, -0.25) is 0 Å². The van der Waals surface area contributed by atoms with E-state index in [0.717, 1.165) is 38.8 Å². The molecule has 0 aliphatic carbocycles. The third-order valence-electron chi connectivity index (χ3n) is 11.5. The molecule has 0 amide bonds. The zero-order chi connectivity index (χ0) is 36.0. The highest BCUT2D eigenvalue weighted by Gasteiger charge is 2.23. The molecule has 0 saturated heterocycles. The van der Waals surface area contributed by atoms with Crippen LogP contribution in [0.25, 0.3) is 110 Å². The van der Waals surface area contributed by atoms with Crippen molar-refractivity contribution in [1.29, 1.82) is 0 Å². The maximum Gasteiger partial charge on any atom is 0.137 e. The molecule has 3 heterocycles. The first-order valence-electron chi connectivity index (χ1n) is 18.8. The SMILES string of the molecule is c1ccc(-c2ccc(-n3c4ccccc4c4c3ccc3c5cc6c(cc5n(-c5cc(-c7ccccc7)c7ccccc7c5)c34)oc3ccccc36)cc2)cc1. The van der Waals surface area contributed by atoms with Crippen molar-refractivity contribution in [2.24, 2.45) is 0 Å². The lowest BCUT2D eigenvalue weighted by Gasteiger charge is -2.15. The van der Waals surface area contributed by atoms with Crippen molar-refractivity contribution in [3.05, 3.63) is 194 Å². The van der Waals surface area contributed by atoms with Gasteiger partial charge in [0.25, 0.3) is 0 Å². The molecule has 3 heteroatoms. The average Bonchev–Trinajstić information content (AvgIpc) is 3.90. The van der Waals surface area contributed by atoms with Crippen LogP contribution in [0.1, 0.15) is 0 Å². The number of hydrogen-bond acceptors (Lipinski definition) is 1. The molecular formula is C52H32N2O. The standard InChI is InChI=1S/C52H32N2O/c1-3-13-33(14-4-1)34-23-25-37(26-24-34)53-46-21-11-9-20-42(46)51-47(53)28-27-41-44-31-45-40-19-10-12-22-49(40)55-50(45)32-48(44)54(52(41)51)38-29-36-17-7-8-18-39(36)43(30-38)35-15-5-2-6-16-35/h1-32H. The minimum absolute atomic E-state index is 0.888. The van der Waals surface area contributed by atoms with Crippen LogP contribution in [0, 0.1) is 0 Å². The molecule has 0 unspecified atom stereocenters. The maximum absolute atomic E-state index is 6.55. The predicted octanol–water partition coefficient (Wildman–Crippen LogP) is 14.3. The Balaban J connectivity index is 1.22. The van der Waals surface area contributed by atoms with Crippen molar-refractivity contribution in [2.45, 2.75) is 0 Å². The Labute approximate surface area is 316 Å². The first-order valence-corrected chi connectivity index (χ1v) is 18.8. The summed E-state index contributed by atoms with van der Waals surface area (Å²) in [6.45, 7) is 0. The summed E-state index contributed by atoms with van der Waals surface area (Å²) in [6.07, 6.45) is 0. The molecule has 0 aliphatic heterocycles. The first-order chi connectivity index (χ1) is 27.3. The van der Waals surface area contributed by atoms with Gasteiger partial charge in [-0.05, 0) is 81.6 Å². The summed E-state index contributed by atoms with van der Waals surface area (Å²) in [7, 11) is 0. The molecule has 12 rings (SSSR count). The van der Waals surface area contributed by atoms with Gasteiger partial charge in [0.05, 0.1) is 22.1 Å². The Bertz CT molecular complexity index is 3460. The van der Waals surface area contributed by atoms with E-state index in [1.165, 1.54) is 71.1 Å². The molecule has 0 radical (unpaired) electrons. The summed E-state index contributed by atoms with van der Waals surface area (Å²) in [6, 6.07) is 70.3. The third kappa shape index (κ3) is 4.44. The fourth-order valence-corrected chi connectivity index (χ4v) is 9.03. The molecule has 3 nitrogen and oxygen atoms in total. The van der Waals surface area contributed by atoms with Gasteiger partial charge in [-0.25, -0.2) is 0 Å². The molecular weight excluding hydrogens is 669 g/mol. The molecule has 0 saturated carbocycles. The van der Waals surface area contributed by atoms with Crippen LogP contribution in [-0.2, 0) is 0 Å². The number of nitrogens with zero attached hydrogens (tertiary/aromatic N) is 2. The number of fused-ring (bicyclic) bond motifs is 11. The van der Waals surface area contributed by atoms with E-state index in [2.05, 4.69) is 197 Å². The van der Waals surface area contributed by atoms with Crippen LogP contribution in [0.5, 0.6) is 0 Å². The molecule has 0 atom stereocenters. The van der Waals surface area contributed by atoms with E-state index < -0.39 is 0 Å². The molecule has 9 aromatic carbocycles. The quantitative estimate of drug-likeness (QED) is 0.179. The minimum atomic E-state index is 0.888. The lowest BCUT2D eigenvalue weighted by Crippen LogP contribution is -1.97. The van der Waals surface area contributed by atoms with E-state index >= 15 is 0 Å². The van der Waals surface area contributed by atoms with Crippen molar-refractivity contribution in [1.82, 2.24) is 9.13 Å². The number of rotatable bonds is 4. The van der Waals surface area contributed by atoms with Gasteiger partial charge in [-0.1, -0.05) is 140 Å². The van der Waals surface area contributed by atoms with Crippen molar-refractivity contribution in [3.63, 3.8) is 0 Å². The number of para-hydroxylation sites is 2. The van der Waals surface area contributed by atoms with Crippen LogP contribution in [0.15, 0.2) is 199 Å². The molecule has 0 bridgehead atoms. The van der Waals surface area contributed by atoms with Gasteiger partial charge in [0.2, 0.25) is 0 Å². The van der Waals surface area contributed by atoms with Gasteiger partial charge < -0.3 is 13.6 Å². The first kappa shape index (κ1) is 30.1. The molecule has 55 heavy (non-hydrogen) atoms. The lowest BCUT2D eigenvalue weighted by atomic mass is 9.97. The summed E-state index contributed by atoms with van der Waals surface area (Å²) >= 11 is 0. The van der Waals surface area contributed by atoms with E-state index in [1.807, 2.05) is 6.07 Å². The van der Waals surface area contributed by atoms with Gasteiger partial charge in [-0.2, -0.15) is 0 Å². The number of aromatic nitrogens is 2. The summed E-state index contributed by atoms with van der Waals surface area (Å²) < 4.78 is 11.5. The Kier molecular flexibility index (Phi) is 6.34. The number of furan rings is 1. The smallest absolute Gasteiger partial charge is 0.137 e. The normalized spacial score (nSPS) is 12.0. The van der Waals surface area contributed by atoms with E-state index in [4.69, 9.17) is 4.42 Å². The van der Waals surface area contributed by atoms with Gasteiger partial charge in [0.15, 0.2) is 0 Å². The van der Waals surface area contributed by atoms with E-state index in [9.17, 15) is 0 Å². The summed E-state index contributed by atoms with van der Waals surface area (Å²) in [5.74, 6) is 0. The summed E-state index contributed by atoms with van der Waals surface area (Å²) in [5.41, 5.74) is 13.5. The molecule has 0 spiro atoms. The molecule has 3 aromatic heterocycles. The molecule has 0 fully saturated rings. The Hall–Kier alpha value is -7.36. The molecule has 256 valence electrons. The van der Waals surface area contributed by atoms with Crippen LogP contribution >= 0.6 is 0 Å². The number of benzene rings is 9. The van der Waals surface area contributed by atoms with Gasteiger partial charge in [-0.15, -0.1) is 0 Å². The molecule has 0 aliphatic rings. The van der Waals surface area contributed by atoms with Gasteiger partial charge >= 0.3 is 0 Å². The zero-order valence-corrected chi connectivity index (χ0v) is 29.8. The molecule has 12 aromatic rings. The monoisotopic (exact) mass is 700 g/mol. The second-order valence-electron chi connectivity index (χ2n) is 14.5. The zero-order valence-electron chi connectivity index (χ0n) is 29.8. The van der Waals surface area contributed by atoms with E-state index in [-0.39, 0.29) is 0 Å². The minimum Gasteiger partial charge on any atom is -0.456 e. The largest absolute Gasteiger partial charge is 0.456 e. The predicted molar refractivity (Wildman–Crippen MR) is 231 cm³/mol. The highest BCUT2D eigenvalue weighted by Crippen LogP contribution is 2.45. The second-order valence-corrected chi connectivity index (χ2v) is 14.5. The van der Waals surface area contributed by atoms with Crippen LogP contribution in [0.2, 0.25) is 0 Å².